The lowest BCUT2D eigenvalue weighted by Crippen LogP contribution is -2.41. The number of hydrogen-bond acceptors (Lipinski definition) is 5. The summed E-state index contributed by atoms with van der Waals surface area (Å²) in [5.74, 6) is 0.565. The highest BCUT2D eigenvalue weighted by Gasteiger charge is 2.27. The van der Waals surface area contributed by atoms with Crippen molar-refractivity contribution in [1.82, 2.24) is 15.6 Å². The molecule has 0 bridgehead atoms. The van der Waals surface area contributed by atoms with Gasteiger partial charge < -0.3 is 15.4 Å². The number of ether oxygens (including phenoxy) is 1. The third-order valence-corrected chi connectivity index (χ3v) is 4.69. The van der Waals surface area contributed by atoms with E-state index in [1.165, 1.54) is 11.4 Å². The predicted octanol–water partition coefficient (Wildman–Crippen LogP) is 2.12. The normalized spacial score (nSPS) is 24.8. The van der Waals surface area contributed by atoms with Crippen molar-refractivity contribution in [3.05, 3.63) is 16.1 Å². The van der Waals surface area contributed by atoms with Gasteiger partial charge in [-0.25, -0.2) is 4.98 Å². The molecule has 1 fully saturated rings. The van der Waals surface area contributed by atoms with E-state index in [9.17, 15) is 0 Å². The van der Waals surface area contributed by atoms with Crippen LogP contribution in [-0.4, -0.2) is 37.3 Å². The first-order valence-corrected chi connectivity index (χ1v) is 8.05. The zero-order valence-electron chi connectivity index (χ0n) is 12.1. The zero-order chi connectivity index (χ0) is 13.7. The van der Waals surface area contributed by atoms with E-state index < -0.39 is 0 Å². The molecule has 1 aromatic rings. The smallest absolute Gasteiger partial charge is 0.110 e. The molecule has 0 spiro atoms. The fourth-order valence-corrected chi connectivity index (χ4v) is 3.17. The van der Waals surface area contributed by atoms with E-state index in [1.807, 2.05) is 6.92 Å². The number of nitrogens with zero attached hydrogens (tertiary/aromatic N) is 1. The molecule has 2 heterocycles. The topological polar surface area (TPSA) is 46.2 Å². The second-order valence-corrected chi connectivity index (χ2v) is 6.20. The van der Waals surface area contributed by atoms with Crippen molar-refractivity contribution in [1.29, 1.82) is 0 Å². The average Bonchev–Trinajstić information content (AvgIpc) is 3.02. The van der Waals surface area contributed by atoms with Crippen LogP contribution in [0.1, 0.15) is 37.0 Å². The lowest BCUT2D eigenvalue weighted by molar-refractivity contribution is 0.181. The Hall–Kier alpha value is -0.490. The van der Waals surface area contributed by atoms with Crippen LogP contribution in [0.2, 0.25) is 0 Å². The molecule has 2 rings (SSSR count). The highest BCUT2D eigenvalue weighted by molar-refractivity contribution is 7.09. The third-order valence-electron chi connectivity index (χ3n) is 3.55. The maximum absolute atomic E-state index is 5.59. The number of nitrogens with one attached hydrogen (secondary N) is 2. The first-order valence-electron chi connectivity index (χ1n) is 7.17. The van der Waals surface area contributed by atoms with Crippen LogP contribution in [0.5, 0.6) is 0 Å². The van der Waals surface area contributed by atoms with Crippen LogP contribution in [0, 0.1) is 12.8 Å². The molecule has 1 saturated heterocycles. The van der Waals surface area contributed by atoms with Crippen molar-refractivity contribution >= 4 is 11.3 Å². The fraction of sp³-hybridized carbons (Fsp3) is 0.786. The van der Waals surface area contributed by atoms with Crippen LogP contribution in [0.25, 0.3) is 0 Å². The van der Waals surface area contributed by atoms with Crippen LogP contribution in [0.4, 0.5) is 0 Å². The van der Waals surface area contributed by atoms with E-state index in [4.69, 9.17) is 4.74 Å². The Kier molecular flexibility index (Phi) is 5.76. The Morgan fingerprint density at radius 2 is 2.37 bits per heavy atom. The minimum Gasteiger partial charge on any atom is -0.379 e. The molecule has 0 aromatic carbocycles. The molecule has 1 aromatic heterocycles. The van der Waals surface area contributed by atoms with E-state index >= 15 is 0 Å². The van der Waals surface area contributed by atoms with Crippen molar-refractivity contribution in [2.45, 2.75) is 39.3 Å². The average molecular weight is 283 g/mol. The number of rotatable bonds is 7. The van der Waals surface area contributed by atoms with E-state index in [-0.39, 0.29) is 0 Å². The summed E-state index contributed by atoms with van der Waals surface area (Å²) in [7, 11) is 0. The maximum atomic E-state index is 5.59. The summed E-state index contributed by atoms with van der Waals surface area (Å²) in [6.45, 7) is 10.2. The van der Waals surface area contributed by atoms with Crippen molar-refractivity contribution in [2.24, 2.45) is 5.92 Å². The van der Waals surface area contributed by atoms with E-state index in [0.29, 0.717) is 18.0 Å². The second-order valence-electron chi connectivity index (χ2n) is 5.32. The molecule has 3 atom stereocenters. The Labute approximate surface area is 120 Å². The van der Waals surface area contributed by atoms with Gasteiger partial charge >= 0.3 is 0 Å². The number of aryl methyl sites for hydroxylation is 1. The second kappa shape index (κ2) is 7.33. The molecule has 0 saturated carbocycles. The van der Waals surface area contributed by atoms with E-state index in [1.54, 1.807) is 11.3 Å². The summed E-state index contributed by atoms with van der Waals surface area (Å²) in [6, 6.07) is 0.823. The summed E-state index contributed by atoms with van der Waals surface area (Å²) in [6.07, 6.45) is 1.17. The SMILES string of the molecule is CCCNC1COCC1CNC(C)c1nc(C)cs1. The first kappa shape index (κ1) is 14.9. The van der Waals surface area contributed by atoms with Crippen molar-refractivity contribution < 1.29 is 4.74 Å². The van der Waals surface area contributed by atoms with Gasteiger partial charge in [0.15, 0.2) is 0 Å². The van der Waals surface area contributed by atoms with Gasteiger partial charge in [-0.05, 0) is 26.8 Å². The Morgan fingerprint density at radius 3 is 3.05 bits per heavy atom. The van der Waals surface area contributed by atoms with Crippen LogP contribution < -0.4 is 10.6 Å². The van der Waals surface area contributed by atoms with Gasteiger partial charge in [-0.2, -0.15) is 0 Å². The molecule has 0 radical (unpaired) electrons. The molecule has 0 aliphatic carbocycles. The lowest BCUT2D eigenvalue weighted by atomic mass is 10.0. The van der Waals surface area contributed by atoms with Gasteiger partial charge in [-0.15, -0.1) is 11.3 Å². The summed E-state index contributed by atoms with van der Waals surface area (Å²) >= 11 is 1.73. The minimum atomic E-state index is 0.325. The minimum absolute atomic E-state index is 0.325. The molecule has 19 heavy (non-hydrogen) atoms. The van der Waals surface area contributed by atoms with Gasteiger partial charge in [-0.3, -0.25) is 0 Å². The molecule has 5 heteroatoms. The van der Waals surface area contributed by atoms with Gasteiger partial charge in [0.05, 0.1) is 19.3 Å². The standard InChI is InChI=1S/C14H25N3OS/c1-4-5-15-13-8-18-7-12(13)6-16-11(3)14-17-10(2)9-19-14/h9,11-13,15-16H,4-8H2,1-3H3. The molecule has 4 nitrogen and oxygen atoms in total. The highest BCUT2D eigenvalue weighted by atomic mass is 32.1. The lowest BCUT2D eigenvalue weighted by Gasteiger charge is -2.21. The summed E-state index contributed by atoms with van der Waals surface area (Å²) in [5, 5.41) is 10.4. The fourth-order valence-electron chi connectivity index (χ4n) is 2.34. The van der Waals surface area contributed by atoms with Crippen molar-refractivity contribution in [2.75, 3.05) is 26.3 Å². The van der Waals surface area contributed by atoms with Crippen LogP contribution in [0.15, 0.2) is 5.38 Å². The van der Waals surface area contributed by atoms with Crippen LogP contribution in [-0.2, 0) is 4.74 Å². The third kappa shape index (κ3) is 4.24. The number of aromatic nitrogens is 1. The number of hydrogen-bond donors (Lipinski definition) is 2. The summed E-state index contributed by atoms with van der Waals surface area (Å²) in [4.78, 5) is 4.53. The van der Waals surface area contributed by atoms with Gasteiger partial charge in [0, 0.05) is 29.6 Å². The van der Waals surface area contributed by atoms with Crippen LogP contribution in [0.3, 0.4) is 0 Å². The Bertz CT molecular complexity index is 383. The largest absolute Gasteiger partial charge is 0.379 e. The molecule has 108 valence electrons. The van der Waals surface area contributed by atoms with Gasteiger partial charge in [0.25, 0.3) is 0 Å². The summed E-state index contributed by atoms with van der Waals surface area (Å²) in [5.41, 5.74) is 1.11. The Balaban J connectivity index is 1.77. The van der Waals surface area contributed by atoms with Gasteiger partial charge in [0.1, 0.15) is 5.01 Å². The first-order chi connectivity index (χ1) is 9.20. The molecule has 0 amide bonds. The molecular formula is C14H25N3OS. The molecule has 2 N–H and O–H groups in total. The highest BCUT2D eigenvalue weighted by Crippen LogP contribution is 2.19. The van der Waals surface area contributed by atoms with Gasteiger partial charge in [0.2, 0.25) is 0 Å². The van der Waals surface area contributed by atoms with Gasteiger partial charge in [-0.1, -0.05) is 6.92 Å². The van der Waals surface area contributed by atoms with E-state index in [2.05, 4.69) is 34.8 Å². The predicted molar refractivity (Wildman–Crippen MR) is 79.7 cm³/mol. The van der Waals surface area contributed by atoms with Crippen molar-refractivity contribution in [3.63, 3.8) is 0 Å². The Morgan fingerprint density at radius 1 is 1.53 bits per heavy atom. The zero-order valence-corrected chi connectivity index (χ0v) is 12.9. The molecule has 1 aliphatic heterocycles. The summed E-state index contributed by atoms with van der Waals surface area (Å²) < 4.78 is 5.59. The van der Waals surface area contributed by atoms with Crippen LogP contribution >= 0.6 is 11.3 Å². The quantitative estimate of drug-likeness (QED) is 0.804. The monoisotopic (exact) mass is 283 g/mol. The van der Waals surface area contributed by atoms with E-state index in [0.717, 1.165) is 32.0 Å². The molecular weight excluding hydrogens is 258 g/mol. The maximum Gasteiger partial charge on any atom is 0.110 e. The molecule has 1 aliphatic rings. The molecule has 3 unspecified atom stereocenters. The number of thiazole rings is 1. The van der Waals surface area contributed by atoms with Crippen molar-refractivity contribution in [3.8, 4) is 0 Å².